The molecule has 5 nitrogen and oxygen atoms in total. The first-order valence-electron chi connectivity index (χ1n) is 8.56. The standard InChI is InChI=1S/C19H21N3O2S/c1-12-11-20-17-13(18(12)24-2)7-3-6-10-16(17)25(23)19-21-14-8-4-5-9-15(14)22-19/h4-5,8-9,11,16H,3,6-7,10H2,1-2H3,(H,21,22)/t16-,25-/m0/s1. The van der Waals surface area contributed by atoms with Gasteiger partial charge in [-0.2, -0.15) is 0 Å². The third-order valence-corrected chi connectivity index (χ3v) is 6.36. The van der Waals surface area contributed by atoms with E-state index in [-0.39, 0.29) is 5.25 Å². The number of aromatic amines is 1. The molecule has 0 unspecified atom stereocenters. The molecule has 2 heterocycles. The van der Waals surface area contributed by atoms with Crippen molar-refractivity contribution in [3.05, 3.63) is 47.3 Å². The Labute approximate surface area is 149 Å². The summed E-state index contributed by atoms with van der Waals surface area (Å²) in [4.78, 5) is 12.4. The van der Waals surface area contributed by atoms with Gasteiger partial charge in [0.2, 0.25) is 0 Å². The predicted octanol–water partition coefficient (Wildman–Crippen LogP) is 3.85. The highest BCUT2D eigenvalue weighted by Crippen LogP contribution is 2.38. The van der Waals surface area contributed by atoms with E-state index in [1.807, 2.05) is 37.4 Å². The highest BCUT2D eigenvalue weighted by molar-refractivity contribution is 7.85. The lowest BCUT2D eigenvalue weighted by Crippen LogP contribution is -2.12. The SMILES string of the molecule is COc1c(C)cnc2c1CCCC[C@@H]2[S@](=O)c1nc2ccccc2[nH]1. The van der Waals surface area contributed by atoms with Gasteiger partial charge < -0.3 is 9.72 Å². The summed E-state index contributed by atoms with van der Waals surface area (Å²) in [5, 5.41) is 0.368. The van der Waals surface area contributed by atoms with E-state index < -0.39 is 10.8 Å². The molecule has 0 saturated carbocycles. The molecule has 0 fully saturated rings. The Morgan fingerprint density at radius 1 is 1.28 bits per heavy atom. The summed E-state index contributed by atoms with van der Waals surface area (Å²) in [6, 6.07) is 7.77. The van der Waals surface area contributed by atoms with E-state index >= 15 is 0 Å². The summed E-state index contributed by atoms with van der Waals surface area (Å²) < 4.78 is 18.9. The molecule has 0 bridgehead atoms. The molecule has 130 valence electrons. The van der Waals surface area contributed by atoms with Crippen molar-refractivity contribution in [2.45, 2.75) is 43.0 Å². The third kappa shape index (κ3) is 2.84. The zero-order chi connectivity index (χ0) is 17.4. The van der Waals surface area contributed by atoms with Gasteiger partial charge in [0, 0.05) is 17.3 Å². The van der Waals surface area contributed by atoms with Crippen LogP contribution in [0, 0.1) is 6.92 Å². The normalized spacial score (nSPS) is 18.6. The van der Waals surface area contributed by atoms with Crippen LogP contribution in [0.3, 0.4) is 0 Å². The lowest BCUT2D eigenvalue weighted by molar-refractivity contribution is 0.404. The van der Waals surface area contributed by atoms with E-state index in [9.17, 15) is 4.21 Å². The molecule has 2 atom stereocenters. The predicted molar refractivity (Wildman–Crippen MR) is 98.3 cm³/mol. The van der Waals surface area contributed by atoms with Crippen molar-refractivity contribution in [1.82, 2.24) is 15.0 Å². The quantitative estimate of drug-likeness (QED) is 0.725. The molecule has 25 heavy (non-hydrogen) atoms. The van der Waals surface area contributed by atoms with Crippen molar-refractivity contribution in [2.24, 2.45) is 0 Å². The number of hydrogen-bond donors (Lipinski definition) is 1. The highest BCUT2D eigenvalue weighted by atomic mass is 32.2. The van der Waals surface area contributed by atoms with Crippen molar-refractivity contribution in [3.8, 4) is 5.75 Å². The molecule has 3 aromatic rings. The molecule has 1 aromatic carbocycles. The maximum atomic E-state index is 13.3. The minimum atomic E-state index is -1.28. The maximum Gasteiger partial charge on any atom is 0.198 e. The van der Waals surface area contributed by atoms with Crippen LogP contribution in [0.5, 0.6) is 5.75 Å². The first kappa shape index (κ1) is 16.3. The second-order valence-electron chi connectivity index (χ2n) is 6.43. The number of rotatable bonds is 3. The molecule has 0 spiro atoms. The monoisotopic (exact) mass is 355 g/mol. The fourth-order valence-corrected chi connectivity index (χ4v) is 5.05. The largest absolute Gasteiger partial charge is 0.496 e. The first-order valence-corrected chi connectivity index (χ1v) is 9.78. The van der Waals surface area contributed by atoms with Gasteiger partial charge in [0.05, 0.1) is 39.9 Å². The van der Waals surface area contributed by atoms with Crippen molar-refractivity contribution < 1.29 is 8.95 Å². The van der Waals surface area contributed by atoms with Gasteiger partial charge in [0.1, 0.15) is 5.75 Å². The van der Waals surface area contributed by atoms with Crippen LogP contribution in [0.25, 0.3) is 11.0 Å². The Morgan fingerprint density at radius 3 is 2.92 bits per heavy atom. The lowest BCUT2D eigenvalue weighted by Gasteiger charge is -2.18. The molecular formula is C19H21N3O2S. The molecule has 1 aliphatic carbocycles. The second kappa shape index (κ2) is 6.59. The van der Waals surface area contributed by atoms with Gasteiger partial charge in [-0.3, -0.25) is 9.19 Å². The summed E-state index contributed by atoms with van der Waals surface area (Å²) in [7, 11) is 0.417. The highest BCUT2D eigenvalue weighted by Gasteiger charge is 2.30. The van der Waals surface area contributed by atoms with Crippen molar-refractivity contribution >= 4 is 21.8 Å². The van der Waals surface area contributed by atoms with Crippen LogP contribution in [0.15, 0.2) is 35.6 Å². The molecule has 0 saturated heterocycles. The van der Waals surface area contributed by atoms with E-state index in [1.54, 1.807) is 7.11 Å². The van der Waals surface area contributed by atoms with Gasteiger partial charge in [-0.15, -0.1) is 0 Å². The Hall–Kier alpha value is -2.21. The van der Waals surface area contributed by atoms with E-state index in [0.29, 0.717) is 5.16 Å². The van der Waals surface area contributed by atoms with Gasteiger partial charge in [0.25, 0.3) is 0 Å². The van der Waals surface area contributed by atoms with E-state index in [1.165, 1.54) is 0 Å². The van der Waals surface area contributed by atoms with E-state index in [0.717, 1.165) is 59.3 Å². The van der Waals surface area contributed by atoms with E-state index in [4.69, 9.17) is 4.74 Å². The summed E-state index contributed by atoms with van der Waals surface area (Å²) in [5.41, 5.74) is 4.79. The summed E-state index contributed by atoms with van der Waals surface area (Å²) in [5.74, 6) is 0.888. The Kier molecular flexibility index (Phi) is 4.29. The number of nitrogens with one attached hydrogen (secondary N) is 1. The van der Waals surface area contributed by atoms with Gasteiger partial charge in [-0.1, -0.05) is 18.6 Å². The third-order valence-electron chi connectivity index (χ3n) is 4.81. The number of methoxy groups -OCH3 is 1. The molecule has 0 radical (unpaired) electrons. The second-order valence-corrected chi connectivity index (χ2v) is 7.98. The lowest BCUT2D eigenvalue weighted by atomic mass is 10.0. The number of pyridine rings is 1. The van der Waals surface area contributed by atoms with Crippen LogP contribution < -0.4 is 4.74 Å². The van der Waals surface area contributed by atoms with Gasteiger partial charge >= 0.3 is 0 Å². The zero-order valence-corrected chi connectivity index (χ0v) is 15.2. The van der Waals surface area contributed by atoms with Crippen LogP contribution in [0.4, 0.5) is 0 Å². The van der Waals surface area contributed by atoms with Crippen LogP contribution in [0.1, 0.15) is 41.3 Å². The van der Waals surface area contributed by atoms with Crippen molar-refractivity contribution in [3.63, 3.8) is 0 Å². The maximum absolute atomic E-state index is 13.3. The molecule has 1 N–H and O–H groups in total. The zero-order valence-electron chi connectivity index (χ0n) is 14.4. The van der Waals surface area contributed by atoms with Crippen LogP contribution >= 0.6 is 0 Å². The average Bonchev–Trinajstić information content (AvgIpc) is 2.95. The number of aromatic nitrogens is 3. The molecule has 6 heteroatoms. The summed E-state index contributed by atoms with van der Waals surface area (Å²) >= 11 is 0. The number of benzene rings is 1. The molecule has 2 aromatic heterocycles. The number of nitrogens with zero attached hydrogens (tertiary/aromatic N) is 2. The average molecular weight is 355 g/mol. The minimum Gasteiger partial charge on any atom is -0.496 e. The fourth-order valence-electron chi connectivity index (χ4n) is 3.60. The molecule has 1 aliphatic rings. The van der Waals surface area contributed by atoms with Gasteiger partial charge in [-0.05, 0) is 38.3 Å². The number of hydrogen-bond acceptors (Lipinski definition) is 4. The van der Waals surface area contributed by atoms with Crippen LogP contribution in [-0.2, 0) is 17.2 Å². The Balaban J connectivity index is 1.79. The smallest absolute Gasteiger partial charge is 0.198 e. The van der Waals surface area contributed by atoms with E-state index in [2.05, 4.69) is 15.0 Å². The summed E-state index contributed by atoms with van der Waals surface area (Å²) in [6.45, 7) is 2.00. The molecule has 0 aliphatic heterocycles. The minimum absolute atomic E-state index is 0.160. The number of imidazole rings is 1. The fraction of sp³-hybridized carbons (Fsp3) is 0.368. The number of H-pyrrole nitrogens is 1. The summed E-state index contributed by atoms with van der Waals surface area (Å²) in [6.07, 6.45) is 5.67. The van der Waals surface area contributed by atoms with Crippen molar-refractivity contribution in [2.75, 3.05) is 7.11 Å². The topological polar surface area (TPSA) is 67.9 Å². The number of aryl methyl sites for hydroxylation is 1. The molecular weight excluding hydrogens is 334 g/mol. The molecule has 0 amide bonds. The molecule has 4 rings (SSSR count). The van der Waals surface area contributed by atoms with Gasteiger partial charge in [0.15, 0.2) is 5.16 Å². The Morgan fingerprint density at radius 2 is 2.12 bits per heavy atom. The van der Waals surface area contributed by atoms with Gasteiger partial charge in [-0.25, -0.2) is 4.98 Å². The Bertz CT molecular complexity index is 918. The number of ether oxygens (including phenoxy) is 1. The van der Waals surface area contributed by atoms with Crippen LogP contribution in [0.2, 0.25) is 0 Å². The first-order chi connectivity index (χ1) is 12.2. The number of para-hydroxylation sites is 2. The van der Waals surface area contributed by atoms with Crippen molar-refractivity contribution in [1.29, 1.82) is 0 Å². The van der Waals surface area contributed by atoms with Crippen LogP contribution in [-0.4, -0.2) is 26.3 Å². The number of fused-ring (bicyclic) bond motifs is 2.